The zero-order chi connectivity index (χ0) is 11.9. The molecule has 1 aromatic carbocycles. The third kappa shape index (κ3) is 1.30. The number of benzene rings is 1. The first-order chi connectivity index (χ1) is 8.28. The molecule has 17 heavy (non-hydrogen) atoms. The van der Waals surface area contributed by atoms with Crippen molar-refractivity contribution in [2.75, 3.05) is 6.54 Å². The second-order valence-electron chi connectivity index (χ2n) is 4.97. The summed E-state index contributed by atoms with van der Waals surface area (Å²) in [5.74, 6) is 0.362. The minimum absolute atomic E-state index is 0.180. The molecule has 1 saturated heterocycles. The van der Waals surface area contributed by atoms with Gasteiger partial charge in [0.1, 0.15) is 0 Å². The van der Waals surface area contributed by atoms with E-state index in [1.165, 1.54) is 0 Å². The lowest BCUT2D eigenvalue weighted by molar-refractivity contribution is -0.132. The quantitative estimate of drug-likeness (QED) is 0.795. The van der Waals surface area contributed by atoms with Crippen molar-refractivity contribution in [1.82, 2.24) is 5.32 Å². The van der Waals surface area contributed by atoms with Crippen LogP contribution in [0, 0.1) is 16.7 Å². The zero-order valence-corrected chi connectivity index (χ0v) is 9.57. The summed E-state index contributed by atoms with van der Waals surface area (Å²) in [5.41, 5.74) is 1.53. The number of nitriles is 1. The molecule has 3 nitrogen and oxygen atoms in total. The fraction of sp³-hybridized carbons (Fsp3) is 0.429. The van der Waals surface area contributed by atoms with Crippen LogP contribution in [0.25, 0.3) is 0 Å². The maximum atomic E-state index is 12.0. The normalized spacial score (nSPS) is 25.1. The van der Waals surface area contributed by atoms with E-state index in [9.17, 15) is 4.79 Å². The molecule has 0 unspecified atom stereocenters. The highest BCUT2D eigenvalue weighted by Gasteiger charge is 2.54. The van der Waals surface area contributed by atoms with Crippen molar-refractivity contribution in [2.45, 2.75) is 25.2 Å². The Hall–Kier alpha value is -1.82. The van der Waals surface area contributed by atoms with E-state index < -0.39 is 0 Å². The van der Waals surface area contributed by atoms with Gasteiger partial charge < -0.3 is 5.32 Å². The molecule has 3 rings (SSSR count). The molecule has 1 spiro atoms. The molecule has 1 atom stereocenters. The van der Waals surface area contributed by atoms with E-state index >= 15 is 0 Å². The summed E-state index contributed by atoms with van der Waals surface area (Å²) < 4.78 is 0. The molecule has 3 heteroatoms. The van der Waals surface area contributed by atoms with Gasteiger partial charge in [-0.2, -0.15) is 5.26 Å². The molecule has 1 aliphatic heterocycles. The van der Waals surface area contributed by atoms with Crippen LogP contribution in [0.15, 0.2) is 24.3 Å². The number of nitrogens with zero attached hydrogens (tertiary/aromatic N) is 1. The zero-order valence-electron chi connectivity index (χ0n) is 9.57. The third-order valence-corrected chi connectivity index (χ3v) is 4.29. The first kappa shape index (κ1) is 10.3. The Bertz CT molecular complexity index is 511. The minimum Gasteiger partial charge on any atom is -0.355 e. The largest absolute Gasteiger partial charge is 0.355 e. The summed E-state index contributed by atoms with van der Waals surface area (Å²) in [7, 11) is 0. The lowest BCUT2D eigenvalue weighted by atomic mass is 9.60. The molecule has 1 heterocycles. The predicted octanol–water partition coefficient (Wildman–Crippen LogP) is 1.94. The number of carbonyl (C=O) groups is 1. The molecule has 1 aliphatic carbocycles. The topological polar surface area (TPSA) is 52.9 Å². The van der Waals surface area contributed by atoms with Gasteiger partial charge in [-0.3, -0.25) is 4.79 Å². The van der Waals surface area contributed by atoms with E-state index in [-0.39, 0.29) is 17.2 Å². The van der Waals surface area contributed by atoms with Gasteiger partial charge in [-0.05, 0) is 24.5 Å². The molecule has 2 aliphatic rings. The molecular weight excluding hydrogens is 212 g/mol. The van der Waals surface area contributed by atoms with E-state index in [0.717, 1.165) is 24.8 Å². The molecule has 0 bridgehead atoms. The van der Waals surface area contributed by atoms with E-state index in [0.29, 0.717) is 12.1 Å². The highest BCUT2D eigenvalue weighted by atomic mass is 16.2. The monoisotopic (exact) mass is 226 g/mol. The van der Waals surface area contributed by atoms with Crippen LogP contribution < -0.4 is 5.32 Å². The lowest BCUT2D eigenvalue weighted by Crippen LogP contribution is -2.40. The predicted molar refractivity (Wildman–Crippen MR) is 63.2 cm³/mol. The number of nitrogens with one attached hydrogen (secondary N) is 1. The average Bonchev–Trinajstić information content (AvgIpc) is 2.66. The summed E-state index contributed by atoms with van der Waals surface area (Å²) in [6, 6.07) is 9.89. The molecule has 2 fully saturated rings. The van der Waals surface area contributed by atoms with Crippen LogP contribution in [-0.2, 0) is 4.79 Å². The maximum absolute atomic E-state index is 12.0. The standard InChI is InChI=1S/C14H14N2O/c15-8-10-4-1-2-5-11(10)12-9-16-13(17)14(12)6-3-7-14/h1-2,4-5,12H,3,6-7,9H2,(H,16,17)/t12-/m1/s1. The fourth-order valence-electron chi connectivity index (χ4n) is 3.17. The maximum Gasteiger partial charge on any atom is 0.226 e. The Morgan fingerprint density at radius 3 is 2.76 bits per heavy atom. The minimum atomic E-state index is -0.215. The van der Waals surface area contributed by atoms with Gasteiger partial charge in [-0.15, -0.1) is 0 Å². The lowest BCUT2D eigenvalue weighted by Gasteiger charge is -2.40. The van der Waals surface area contributed by atoms with Crippen LogP contribution in [0.1, 0.15) is 36.3 Å². The van der Waals surface area contributed by atoms with Crippen molar-refractivity contribution in [3.8, 4) is 6.07 Å². The second kappa shape index (κ2) is 3.59. The summed E-state index contributed by atoms with van der Waals surface area (Å²) in [6.45, 7) is 0.678. The van der Waals surface area contributed by atoms with E-state index in [2.05, 4.69) is 11.4 Å². The number of carbonyl (C=O) groups excluding carboxylic acids is 1. The van der Waals surface area contributed by atoms with Gasteiger partial charge in [0, 0.05) is 12.5 Å². The SMILES string of the molecule is N#Cc1ccccc1[C@H]1CNC(=O)C12CCC2. The Morgan fingerprint density at radius 2 is 2.12 bits per heavy atom. The smallest absolute Gasteiger partial charge is 0.226 e. The van der Waals surface area contributed by atoms with E-state index in [1.54, 1.807) is 0 Å². The molecule has 1 N–H and O–H groups in total. The van der Waals surface area contributed by atoms with E-state index in [1.807, 2.05) is 24.3 Å². The molecule has 1 amide bonds. The van der Waals surface area contributed by atoms with E-state index in [4.69, 9.17) is 5.26 Å². The van der Waals surface area contributed by atoms with Gasteiger partial charge >= 0.3 is 0 Å². The van der Waals surface area contributed by atoms with Crippen molar-refractivity contribution in [1.29, 1.82) is 5.26 Å². The number of hydrogen-bond acceptors (Lipinski definition) is 2. The van der Waals surface area contributed by atoms with Crippen LogP contribution in [0.5, 0.6) is 0 Å². The first-order valence-electron chi connectivity index (χ1n) is 6.05. The Kier molecular flexibility index (Phi) is 2.19. The summed E-state index contributed by atoms with van der Waals surface area (Å²) >= 11 is 0. The van der Waals surface area contributed by atoms with Gasteiger partial charge in [0.25, 0.3) is 0 Å². The second-order valence-corrected chi connectivity index (χ2v) is 4.97. The van der Waals surface area contributed by atoms with Crippen LogP contribution in [0.3, 0.4) is 0 Å². The summed E-state index contributed by atoms with van der Waals surface area (Å²) in [6.07, 6.45) is 3.05. The highest BCUT2D eigenvalue weighted by molar-refractivity contribution is 5.87. The first-order valence-corrected chi connectivity index (χ1v) is 6.05. The molecule has 0 aromatic heterocycles. The Labute approximate surface area is 100 Å². The van der Waals surface area contributed by atoms with Gasteiger partial charge in [-0.1, -0.05) is 24.6 Å². The average molecular weight is 226 g/mol. The number of amides is 1. The Morgan fingerprint density at radius 1 is 1.35 bits per heavy atom. The Balaban J connectivity index is 2.05. The van der Waals surface area contributed by atoms with Gasteiger partial charge in [0.15, 0.2) is 0 Å². The fourth-order valence-corrected chi connectivity index (χ4v) is 3.17. The van der Waals surface area contributed by atoms with Crippen molar-refractivity contribution >= 4 is 5.91 Å². The molecule has 86 valence electrons. The van der Waals surface area contributed by atoms with Gasteiger partial charge in [-0.25, -0.2) is 0 Å². The number of hydrogen-bond donors (Lipinski definition) is 1. The van der Waals surface area contributed by atoms with Crippen LogP contribution in [0.4, 0.5) is 0 Å². The van der Waals surface area contributed by atoms with Gasteiger partial charge in [0.2, 0.25) is 5.91 Å². The van der Waals surface area contributed by atoms with Crippen LogP contribution in [-0.4, -0.2) is 12.5 Å². The third-order valence-electron chi connectivity index (χ3n) is 4.29. The molecule has 0 radical (unpaired) electrons. The summed E-state index contributed by atoms with van der Waals surface area (Å²) in [5, 5.41) is 12.1. The van der Waals surface area contributed by atoms with Crippen LogP contribution in [0.2, 0.25) is 0 Å². The van der Waals surface area contributed by atoms with Gasteiger partial charge in [0.05, 0.1) is 17.0 Å². The molecular formula is C14H14N2O. The van der Waals surface area contributed by atoms with Crippen molar-refractivity contribution in [3.05, 3.63) is 35.4 Å². The molecule has 1 saturated carbocycles. The highest BCUT2D eigenvalue weighted by Crippen LogP contribution is 2.54. The van der Waals surface area contributed by atoms with Crippen LogP contribution >= 0.6 is 0 Å². The van der Waals surface area contributed by atoms with Crippen molar-refractivity contribution in [3.63, 3.8) is 0 Å². The number of rotatable bonds is 1. The molecule has 1 aromatic rings. The van der Waals surface area contributed by atoms with Crippen molar-refractivity contribution < 1.29 is 4.79 Å². The van der Waals surface area contributed by atoms with Crippen molar-refractivity contribution in [2.24, 2.45) is 5.41 Å². The summed E-state index contributed by atoms with van der Waals surface area (Å²) in [4.78, 5) is 12.0.